The lowest BCUT2D eigenvalue weighted by atomic mass is 10.1. The van der Waals surface area contributed by atoms with E-state index in [0.717, 1.165) is 16.5 Å². The average Bonchev–Trinajstić information content (AvgIpc) is 3.28. The molecule has 0 aliphatic rings. The van der Waals surface area contributed by atoms with Gasteiger partial charge < -0.3 is 18.6 Å². The zero-order valence-electron chi connectivity index (χ0n) is 18.3. The molecule has 0 fully saturated rings. The Labute approximate surface area is 191 Å². The Morgan fingerprint density at radius 2 is 1.94 bits per heavy atom. The Hall–Kier alpha value is -4.31. The molecular formula is C26H22N2O5. The highest BCUT2D eigenvalue weighted by Gasteiger charge is 2.17. The number of ether oxygens (including phenoxy) is 3. The van der Waals surface area contributed by atoms with Crippen molar-refractivity contribution in [1.82, 2.24) is 4.98 Å². The van der Waals surface area contributed by atoms with Crippen LogP contribution in [-0.2, 0) is 22.6 Å². The Morgan fingerprint density at radius 1 is 1.12 bits per heavy atom. The first-order valence-corrected chi connectivity index (χ1v) is 10.5. The molecular weight excluding hydrogens is 420 g/mol. The van der Waals surface area contributed by atoms with Gasteiger partial charge in [0.2, 0.25) is 0 Å². The molecule has 0 amide bonds. The third-order valence-electron chi connectivity index (χ3n) is 5.13. The molecule has 0 atom stereocenters. The molecule has 0 radical (unpaired) electrons. The quantitative estimate of drug-likeness (QED) is 0.352. The van der Waals surface area contributed by atoms with Crippen LogP contribution in [0.5, 0.6) is 11.5 Å². The smallest absolute Gasteiger partial charge is 0.310 e. The number of nitrogens with zero attached hydrogens (tertiary/aromatic N) is 2. The van der Waals surface area contributed by atoms with Crippen molar-refractivity contribution >= 4 is 16.9 Å². The number of pyridine rings is 1. The van der Waals surface area contributed by atoms with E-state index in [1.807, 2.05) is 54.6 Å². The van der Waals surface area contributed by atoms with Crippen LogP contribution in [0, 0.1) is 11.3 Å². The number of aromatic nitrogens is 1. The van der Waals surface area contributed by atoms with E-state index >= 15 is 0 Å². The third-order valence-corrected chi connectivity index (χ3v) is 5.13. The fraction of sp³-hybridized carbons (Fsp3) is 0.192. The van der Waals surface area contributed by atoms with Crippen LogP contribution in [0.3, 0.4) is 0 Å². The van der Waals surface area contributed by atoms with Crippen LogP contribution in [0.4, 0.5) is 0 Å². The lowest BCUT2D eigenvalue weighted by Gasteiger charge is -2.11. The first-order valence-electron chi connectivity index (χ1n) is 10.5. The molecule has 7 nitrogen and oxygen atoms in total. The molecule has 33 heavy (non-hydrogen) atoms. The molecule has 0 bridgehead atoms. The van der Waals surface area contributed by atoms with Crippen LogP contribution >= 0.6 is 0 Å². The fourth-order valence-corrected chi connectivity index (χ4v) is 3.62. The van der Waals surface area contributed by atoms with Gasteiger partial charge in [-0.1, -0.05) is 30.3 Å². The topological polar surface area (TPSA) is 94.6 Å². The number of carbonyl (C=O) groups excluding carboxylic acids is 1. The summed E-state index contributed by atoms with van der Waals surface area (Å²) in [6.07, 6.45) is 1.70. The van der Waals surface area contributed by atoms with E-state index in [9.17, 15) is 10.1 Å². The number of hydrogen-bond acceptors (Lipinski definition) is 7. The molecule has 0 saturated carbocycles. The minimum Gasteiger partial charge on any atom is -0.493 e. The molecule has 0 saturated heterocycles. The van der Waals surface area contributed by atoms with Gasteiger partial charge in [-0.3, -0.25) is 4.79 Å². The molecule has 0 aliphatic carbocycles. The molecule has 0 spiro atoms. The van der Waals surface area contributed by atoms with Crippen LogP contribution in [0.1, 0.15) is 23.7 Å². The normalized spacial score (nSPS) is 10.6. The monoisotopic (exact) mass is 442 g/mol. The average molecular weight is 442 g/mol. The summed E-state index contributed by atoms with van der Waals surface area (Å²) in [7, 11) is 1.50. The van der Waals surface area contributed by atoms with Gasteiger partial charge in [0.15, 0.2) is 11.4 Å². The predicted molar refractivity (Wildman–Crippen MR) is 122 cm³/mol. The summed E-state index contributed by atoms with van der Waals surface area (Å²) in [6, 6.07) is 18.8. The first-order chi connectivity index (χ1) is 16.1. The van der Waals surface area contributed by atoms with Crippen molar-refractivity contribution in [2.24, 2.45) is 0 Å². The molecule has 0 N–H and O–H groups in total. The number of nitriles is 1. The molecule has 4 aromatic rings. The number of para-hydroxylation sites is 1. The molecule has 0 aliphatic heterocycles. The minimum absolute atomic E-state index is 0.146. The van der Waals surface area contributed by atoms with E-state index in [1.54, 1.807) is 19.2 Å². The number of furan rings is 1. The largest absolute Gasteiger partial charge is 0.493 e. The van der Waals surface area contributed by atoms with Gasteiger partial charge in [-0.05, 0) is 31.2 Å². The number of esters is 1. The summed E-state index contributed by atoms with van der Waals surface area (Å²) in [4.78, 5) is 16.0. The predicted octanol–water partition coefficient (Wildman–Crippen LogP) is 5.06. The van der Waals surface area contributed by atoms with Crippen LogP contribution in [-0.4, -0.2) is 24.7 Å². The third kappa shape index (κ3) is 4.65. The van der Waals surface area contributed by atoms with E-state index in [-0.39, 0.29) is 24.7 Å². The van der Waals surface area contributed by atoms with Gasteiger partial charge in [-0.2, -0.15) is 5.26 Å². The standard InChI is InChI=1S/C26H22N2O5/c1-3-31-25(29)13-17-7-4-5-9-22(17)32-16-18-8-6-10-23-20(18)14-24(33-23)19-11-12-28-21(15-27)26(19)30-2/h4-12,14H,3,13,16H2,1-2H3. The van der Waals surface area contributed by atoms with Crippen molar-refractivity contribution in [3.8, 4) is 28.9 Å². The molecule has 7 heteroatoms. The summed E-state index contributed by atoms with van der Waals surface area (Å²) in [5.41, 5.74) is 3.20. The summed E-state index contributed by atoms with van der Waals surface area (Å²) in [6.45, 7) is 2.40. The molecule has 2 aromatic carbocycles. The summed E-state index contributed by atoms with van der Waals surface area (Å²) in [5, 5.41) is 10.2. The number of fused-ring (bicyclic) bond motifs is 1. The molecule has 0 unspecified atom stereocenters. The van der Waals surface area contributed by atoms with Gasteiger partial charge in [0.05, 0.1) is 25.7 Å². The van der Waals surface area contributed by atoms with Crippen molar-refractivity contribution < 1.29 is 23.4 Å². The van der Waals surface area contributed by atoms with Crippen LogP contribution in [0.15, 0.2) is 65.2 Å². The Kier molecular flexibility index (Phi) is 6.56. The maximum atomic E-state index is 11.9. The summed E-state index contributed by atoms with van der Waals surface area (Å²) < 4.78 is 22.6. The fourth-order valence-electron chi connectivity index (χ4n) is 3.62. The van der Waals surface area contributed by atoms with Crippen molar-refractivity contribution in [2.45, 2.75) is 20.0 Å². The van der Waals surface area contributed by atoms with E-state index in [0.29, 0.717) is 35.0 Å². The van der Waals surface area contributed by atoms with E-state index in [2.05, 4.69) is 4.98 Å². The highest BCUT2D eigenvalue weighted by atomic mass is 16.5. The number of rotatable bonds is 8. The van der Waals surface area contributed by atoms with Crippen molar-refractivity contribution in [1.29, 1.82) is 5.26 Å². The van der Waals surface area contributed by atoms with E-state index in [1.165, 1.54) is 7.11 Å². The van der Waals surface area contributed by atoms with Crippen LogP contribution in [0.2, 0.25) is 0 Å². The van der Waals surface area contributed by atoms with Crippen LogP contribution in [0.25, 0.3) is 22.3 Å². The van der Waals surface area contributed by atoms with Crippen molar-refractivity contribution in [3.05, 3.63) is 77.6 Å². The maximum absolute atomic E-state index is 11.9. The van der Waals surface area contributed by atoms with Crippen molar-refractivity contribution in [2.75, 3.05) is 13.7 Å². The van der Waals surface area contributed by atoms with Gasteiger partial charge >= 0.3 is 5.97 Å². The highest BCUT2D eigenvalue weighted by molar-refractivity contribution is 5.87. The molecule has 2 aromatic heterocycles. The van der Waals surface area contributed by atoms with E-state index < -0.39 is 0 Å². The lowest BCUT2D eigenvalue weighted by molar-refractivity contribution is -0.142. The number of benzene rings is 2. The van der Waals surface area contributed by atoms with Gasteiger partial charge in [-0.15, -0.1) is 0 Å². The lowest BCUT2D eigenvalue weighted by Crippen LogP contribution is -2.09. The zero-order chi connectivity index (χ0) is 23.2. The molecule has 166 valence electrons. The first kappa shape index (κ1) is 21.9. The number of methoxy groups -OCH3 is 1. The minimum atomic E-state index is -0.293. The van der Waals surface area contributed by atoms with Gasteiger partial charge in [0.1, 0.15) is 29.8 Å². The maximum Gasteiger partial charge on any atom is 0.310 e. The number of carbonyl (C=O) groups is 1. The second kappa shape index (κ2) is 9.88. The molecule has 4 rings (SSSR count). The van der Waals surface area contributed by atoms with Crippen molar-refractivity contribution in [3.63, 3.8) is 0 Å². The highest BCUT2D eigenvalue weighted by Crippen LogP contribution is 2.36. The second-order valence-electron chi connectivity index (χ2n) is 7.17. The second-order valence-corrected chi connectivity index (χ2v) is 7.17. The van der Waals surface area contributed by atoms with Gasteiger partial charge in [-0.25, -0.2) is 4.98 Å². The zero-order valence-corrected chi connectivity index (χ0v) is 18.3. The van der Waals surface area contributed by atoms with Gasteiger partial charge in [0.25, 0.3) is 0 Å². The summed E-state index contributed by atoms with van der Waals surface area (Å²) >= 11 is 0. The molecule has 2 heterocycles. The van der Waals surface area contributed by atoms with Crippen LogP contribution < -0.4 is 9.47 Å². The Bertz CT molecular complexity index is 1340. The Morgan fingerprint density at radius 3 is 2.73 bits per heavy atom. The van der Waals surface area contributed by atoms with E-state index in [4.69, 9.17) is 18.6 Å². The Balaban J connectivity index is 1.63. The van der Waals surface area contributed by atoms with Gasteiger partial charge in [0, 0.05) is 22.7 Å². The SMILES string of the molecule is CCOC(=O)Cc1ccccc1OCc1cccc2oc(-c3ccnc(C#N)c3OC)cc12. The number of hydrogen-bond donors (Lipinski definition) is 0. The summed E-state index contributed by atoms with van der Waals surface area (Å²) in [5.74, 6) is 1.26.